The summed E-state index contributed by atoms with van der Waals surface area (Å²) in [6.07, 6.45) is 0. The van der Waals surface area contributed by atoms with Crippen LogP contribution in [0.15, 0.2) is 41.2 Å². The number of aromatic amines is 1. The van der Waals surface area contributed by atoms with E-state index in [1.165, 1.54) is 6.07 Å². The molecular formula is C14H14N2O3. The fraction of sp³-hybridized carbons (Fsp3) is 0.143. The van der Waals surface area contributed by atoms with Crippen LogP contribution in [-0.2, 0) is 0 Å². The van der Waals surface area contributed by atoms with Gasteiger partial charge in [0.2, 0.25) is 5.56 Å². The molecule has 0 bridgehead atoms. The molecule has 0 spiro atoms. The third-order valence-corrected chi connectivity index (χ3v) is 2.57. The number of pyridine rings is 1. The minimum atomic E-state index is -0.331. The summed E-state index contributed by atoms with van der Waals surface area (Å²) in [7, 11) is 1.56. The molecule has 1 amide bonds. The number of benzene rings is 1. The molecule has 5 nitrogen and oxygen atoms in total. The van der Waals surface area contributed by atoms with E-state index < -0.39 is 0 Å². The minimum Gasteiger partial charge on any atom is -0.497 e. The fourth-order valence-corrected chi connectivity index (χ4v) is 1.72. The number of hydrogen-bond acceptors (Lipinski definition) is 3. The van der Waals surface area contributed by atoms with Crippen LogP contribution in [0.3, 0.4) is 0 Å². The zero-order chi connectivity index (χ0) is 13.8. The first-order chi connectivity index (χ1) is 9.08. The lowest BCUT2D eigenvalue weighted by atomic mass is 10.2. The van der Waals surface area contributed by atoms with Gasteiger partial charge in [-0.15, -0.1) is 0 Å². The molecule has 1 heterocycles. The number of anilines is 1. The summed E-state index contributed by atoms with van der Waals surface area (Å²) < 4.78 is 5.07. The van der Waals surface area contributed by atoms with Crippen LogP contribution in [0.1, 0.15) is 16.1 Å². The van der Waals surface area contributed by atoms with Crippen molar-refractivity contribution in [3.63, 3.8) is 0 Å². The standard InChI is InChI=1S/C14H14N2O3/c1-9-6-10(7-13(17)15-9)14(18)16-11-4-3-5-12(8-11)19-2/h3-8H,1-2H3,(H,15,17)(H,16,18). The summed E-state index contributed by atoms with van der Waals surface area (Å²) in [5, 5.41) is 2.72. The molecule has 0 saturated carbocycles. The van der Waals surface area contributed by atoms with Gasteiger partial charge < -0.3 is 15.0 Å². The second-order valence-corrected chi connectivity index (χ2v) is 4.10. The molecule has 2 rings (SSSR count). The molecule has 0 radical (unpaired) electrons. The van der Waals surface area contributed by atoms with E-state index in [1.54, 1.807) is 44.4 Å². The first-order valence-electron chi connectivity index (χ1n) is 5.75. The minimum absolute atomic E-state index is 0.296. The van der Waals surface area contributed by atoms with Crippen LogP contribution >= 0.6 is 0 Å². The fourth-order valence-electron chi connectivity index (χ4n) is 1.72. The van der Waals surface area contributed by atoms with Crippen molar-refractivity contribution in [2.45, 2.75) is 6.92 Å². The van der Waals surface area contributed by atoms with Gasteiger partial charge in [-0.05, 0) is 25.1 Å². The van der Waals surface area contributed by atoms with Crippen molar-refractivity contribution in [3.05, 3.63) is 58.0 Å². The number of aryl methyl sites for hydroxylation is 1. The Morgan fingerprint density at radius 3 is 2.74 bits per heavy atom. The van der Waals surface area contributed by atoms with E-state index in [0.717, 1.165) is 0 Å². The number of nitrogens with one attached hydrogen (secondary N) is 2. The molecule has 0 aliphatic rings. The van der Waals surface area contributed by atoms with Crippen molar-refractivity contribution < 1.29 is 9.53 Å². The van der Waals surface area contributed by atoms with E-state index in [9.17, 15) is 9.59 Å². The molecule has 0 saturated heterocycles. The van der Waals surface area contributed by atoms with Gasteiger partial charge in [-0.3, -0.25) is 9.59 Å². The van der Waals surface area contributed by atoms with Gasteiger partial charge in [-0.25, -0.2) is 0 Å². The highest BCUT2D eigenvalue weighted by Crippen LogP contribution is 2.17. The zero-order valence-electron chi connectivity index (χ0n) is 10.7. The summed E-state index contributed by atoms with van der Waals surface area (Å²) in [5.41, 5.74) is 1.28. The van der Waals surface area contributed by atoms with Gasteiger partial charge in [0.25, 0.3) is 5.91 Å². The first kappa shape index (κ1) is 12.9. The maximum atomic E-state index is 12.0. The molecule has 0 aliphatic heterocycles. The predicted molar refractivity (Wildman–Crippen MR) is 72.7 cm³/mol. The molecule has 0 aliphatic carbocycles. The Bertz CT molecular complexity index is 662. The Hall–Kier alpha value is -2.56. The van der Waals surface area contributed by atoms with Gasteiger partial charge >= 0.3 is 0 Å². The van der Waals surface area contributed by atoms with E-state index in [-0.39, 0.29) is 11.5 Å². The molecule has 0 atom stereocenters. The molecule has 1 aromatic carbocycles. The quantitative estimate of drug-likeness (QED) is 0.883. The average molecular weight is 258 g/mol. The van der Waals surface area contributed by atoms with E-state index in [4.69, 9.17) is 4.74 Å². The first-order valence-corrected chi connectivity index (χ1v) is 5.75. The number of hydrogen-bond donors (Lipinski definition) is 2. The third-order valence-electron chi connectivity index (χ3n) is 2.57. The van der Waals surface area contributed by atoms with Crippen molar-refractivity contribution in [1.29, 1.82) is 0 Å². The van der Waals surface area contributed by atoms with E-state index in [1.807, 2.05) is 0 Å². The van der Waals surface area contributed by atoms with E-state index in [2.05, 4.69) is 10.3 Å². The van der Waals surface area contributed by atoms with Gasteiger partial charge in [0.1, 0.15) is 5.75 Å². The number of ether oxygens (including phenoxy) is 1. The lowest BCUT2D eigenvalue weighted by Gasteiger charge is -2.07. The third kappa shape index (κ3) is 3.22. The molecule has 0 fully saturated rings. The number of H-pyrrole nitrogens is 1. The molecule has 98 valence electrons. The largest absolute Gasteiger partial charge is 0.497 e. The molecule has 2 N–H and O–H groups in total. The highest BCUT2D eigenvalue weighted by atomic mass is 16.5. The Labute approximate surface area is 110 Å². The lowest BCUT2D eigenvalue weighted by Crippen LogP contribution is -2.16. The molecule has 5 heteroatoms. The Balaban J connectivity index is 2.22. The number of carbonyl (C=O) groups is 1. The summed E-state index contributed by atoms with van der Waals surface area (Å²) >= 11 is 0. The zero-order valence-corrected chi connectivity index (χ0v) is 10.7. The number of aromatic nitrogens is 1. The van der Waals surface area contributed by atoms with E-state index >= 15 is 0 Å². The van der Waals surface area contributed by atoms with Crippen LogP contribution in [0.25, 0.3) is 0 Å². The maximum Gasteiger partial charge on any atom is 0.255 e. The lowest BCUT2D eigenvalue weighted by molar-refractivity contribution is 0.102. The van der Waals surface area contributed by atoms with Gasteiger partial charge in [0, 0.05) is 29.1 Å². The summed E-state index contributed by atoms with van der Waals surface area (Å²) in [6.45, 7) is 1.73. The summed E-state index contributed by atoms with van der Waals surface area (Å²) in [4.78, 5) is 25.9. The normalized spacial score (nSPS) is 10.0. The molecule has 2 aromatic rings. The Morgan fingerprint density at radius 2 is 2.05 bits per heavy atom. The van der Waals surface area contributed by atoms with E-state index in [0.29, 0.717) is 22.7 Å². The van der Waals surface area contributed by atoms with Crippen molar-refractivity contribution in [2.24, 2.45) is 0 Å². The predicted octanol–water partition coefficient (Wildman–Crippen LogP) is 1.94. The van der Waals surface area contributed by atoms with Crippen molar-refractivity contribution >= 4 is 11.6 Å². The highest BCUT2D eigenvalue weighted by Gasteiger charge is 2.08. The van der Waals surface area contributed by atoms with Crippen LogP contribution in [-0.4, -0.2) is 18.0 Å². The van der Waals surface area contributed by atoms with Crippen LogP contribution in [0.4, 0.5) is 5.69 Å². The number of methoxy groups -OCH3 is 1. The van der Waals surface area contributed by atoms with Crippen LogP contribution < -0.4 is 15.6 Å². The Kier molecular flexibility index (Phi) is 3.66. The topological polar surface area (TPSA) is 71.2 Å². The SMILES string of the molecule is COc1cccc(NC(=O)c2cc(C)[nH]c(=O)c2)c1. The molecule has 0 unspecified atom stereocenters. The number of amides is 1. The van der Waals surface area contributed by atoms with Gasteiger partial charge in [0.15, 0.2) is 0 Å². The smallest absolute Gasteiger partial charge is 0.255 e. The molecular weight excluding hydrogens is 244 g/mol. The number of rotatable bonds is 3. The van der Waals surface area contributed by atoms with Crippen LogP contribution in [0, 0.1) is 6.92 Å². The Morgan fingerprint density at radius 1 is 1.26 bits per heavy atom. The summed E-state index contributed by atoms with van der Waals surface area (Å²) in [5.74, 6) is 0.322. The van der Waals surface area contributed by atoms with Crippen molar-refractivity contribution in [3.8, 4) is 5.75 Å². The van der Waals surface area contributed by atoms with Gasteiger partial charge in [-0.1, -0.05) is 6.07 Å². The van der Waals surface area contributed by atoms with Crippen molar-refractivity contribution in [1.82, 2.24) is 4.98 Å². The average Bonchev–Trinajstić information content (AvgIpc) is 2.37. The van der Waals surface area contributed by atoms with Crippen LogP contribution in [0.5, 0.6) is 5.75 Å². The van der Waals surface area contributed by atoms with Gasteiger partial charge in [-0.2, -0.15) is 0 Å². The second-order valence-electron chi connectivity index (χ2n) is 4.10. The van der Waals surface area contributed by atoms with Gasteiger partial charge in [0.05, 0.1) is 7.11 Å². The summed E-state index contributed by atoms with van der Waals surface area (Å²) in [6, 6.07) is 9.91. The monoisotopic (exact) mass is 258 g/mol. The molecule has 19 heavy (non-hydrogen) atoms. The maximum absolute atomic E-state index is 12.0. The van der Waals surface area contributed by atoms with Crippen molar-refractivity contribution in [2.75, 3.05) is 12.4 Å². The second kappa shape index (κ2) is 5.39. The number of carbonyl (C=O) groups excluding carboxylic acids is 1. The molecule has 1 aromatic heterocycles. The highest BCUT2D eigenvalue weighted by molar-refractivity contribution is 6.04. The van der Waals surface area contributed by atoms with Crippen LogP contribution in [0.2, 0.25) is 0 Å².